The molecule has 3 heterocycles. The van der Waals surface area contributed by atoms with Crippen LogP contribution in [-0.4, -0.2) is 14.5 Å². The first kappa shape index (κ1) is 28.3. The maximum atomic E-state index is 5.19. The third kappa shape index (κ3) is 4.71. The highest BCUT2D eigenvalue weighted by Gasteiger charge is 2.16. The third-order valence-electron chi connectivity index (χ3n) is 9.92. The zero-order valence-electron chi connectivity index (χ0n) is 27.2. The van der Waals surface area contributed by atoms with Gasteiger partial charge in [-0.15, -0.1) is 0 Å². The summed E-state index contributed by atoms with van der Waals surface area (Å²) in [5.41, 5.74) is 14.6. The lowest BCUT2D eigenvalue weighted by molar-refractivity contribution is 1.18. The van der Waals surface area contributed by atoms with Crippen LogP contribution in [-0.2, 0) is 0 Å². The van der Waals surface area contributed by atoms with Crippen LogP contribution in [0, 0.1) is 0 Å². The molecule has 0 radical (unpaired) electrons. The number of rotatable bonds is 5. The van der Waals surface area contributed by atoms with Gasteiger partial charge in [-0.3, -0.25) is 0 Å². The van der Waals surface area contributed by atoms with Gasteiger partial charge in [0.25, 0.3) is 0 Å². The molecule has 1 N–H and O–H groups in total. The fraction of sp³-hybridized carbons (Fsp3) is 0. The molecule has 0 aliphatic heterocycles. The molecule has 0 fully saturated rings. The molecule has 0 atom stereocenters. The van der Waals surface area contributed by atoms with Gasteiger partial charge in [0.1, 0.15) is 0 Å². The van der Waals surface area contributed by atoms with E-state index in [4.69, 9.17) is 4.98 Å². The Hall–Kier alpha value is -6.71. The fourth-order valence-electron chi connectivity index (χ4n) is 7.49. The van der Waals surface area contributed by atoms with Gasteiger partial charge in [-0.05, 0) is 76.9 Å². The molecule has 0 amide bonds. The van der Waals surface area contributed by atoms with Gasteiger partial charge in [-0.25, -0.2) is 4.98 Å². The molecule has 234 valence electrons. The zero-order chi connectivity index (χ0) is 33.0. The van der Waals surface area contributed by atoms with Gasteiger partial charge in [0.05, 0.1) is 22.4 Å². The van der Waals surface area contributed by atoms with Gasteiger partial charge in [-0.2, -0.15) is 0 Å². The molecule has 0 aliphatic carbocycles. The van der Waals surface area contributed by atoms with Crippen LogP contribution in [0.1, 0.15) is 0 Å². The molecule has 50 heavy (non-hydrogen) atoms. The Kier molecular flexibility index (Phi) is 6.49. The number of pyridine rings is 1. The van der Waals surface area contributed by atoms with Crippen LogP contribution in [0.5, 0.6) is 0 Å². The number of nitrogens with zero attached hydrogens (tertiary/aromatic N) is 2. The molecular formula is C47H31N3. The lowest BCUT2D eigenvalue weighted by Crippen LogP contribution is -1.94. The Labute approximate surface area is 289 Å². The van der Waals surface area contributed by atoms with E-state index in [9.17, 15) is 0 Å². The normalized spacial score (nSPS) is 11.6. The largest absolute Gasteiger partial charge is 0.354 e. The summed E-state index contributed by atoms with van der Waals surface area (Å²) in [6, 6.07) is 65.0. The van der Waals surface area contributed by atoms with E-state index in [1.165, 1.54) is 43.7 Å². The molecule has 3 aromatic heterocycles. The highest BCUT2D eigenvalue weighted by Crippen LogP contribution is 2.38. The first-order valence-corrected chi connectivity index (χ1v) is 17.0. The minimum Gasteiger partial charge on any atom is -0.354 e. The van der Waals surface area contributed by atoms with Crippen LogP contribution in [0.3, 0.4) is 0 Å². The fourth-order valence-corrected chi connectivity index (χ4v) is 7.49. The van der Waals surface area contributed by atoms with Gasteiger partial charge < -0.3 is 9.55 Å². The molecule has 0 unspecified atom stereocenters. The van der Waals surface area contributed by atoms with E-state index in [0.29, 0.717) is 0 Å². The number of hydrogen-bond acceptors (Lipinski definition) is 1. The second-order valence-corrected chi connectivity index (χ2v) is 12.9. The molecule has 10 aromatic rings. The summed E-state index contributed by atoms with van der Waals surface area (Å²) in [7, 11) is 0. The number of hydrogen-bond donors (Lipinski definition) is 1. The summed E-state index contributed by atoms with van der Waals surface area (Å²) >= 11 is 0. The van der Waals surface area contributed by atoms with E-state index in [2.05, 4.69) is 185 Å². The number of H-pyrrole nitrogens is 1. The number of aromatic amines is 1. The van der Waals surface area contributed by atoms with Crippen molar-refractivity contribution in [1.82, 2.24) is 14.5 Å². The molecule has 3 nitrogen and oxygen atoms in total. The van der Waals surface area contributed by atoms with Crippen molar-refractivity contribution in [2.24, 2.45) is 0 Å². The molecule has 0 saturated heterocycles. The molecule has 7 aromatic carbocycles. The predicted octanol–water partition coefficient (Wildman–Crippen LogP) is 12.5. The number of fused-ring (bicyclic) bond motifs is 6. The number of para-hydroxylation sites is 2. The number of aromatic nitrogens is 3. The molecule has 0 aliphatic rings. The van der Waals surface area contributed by atoms with Crippen LogP contribution in [0.25, 0.3) is 94.1 Å². The van der Waals surface area contributed by atoms with Gasteiger partial charge in [0, 0.05) is 49.4 Å². The van der Waals surface area contributed by atoms with Gasteiger partial charge >= 0.3 is 0 Å². The van der Waals surface area contributed by atoms with Gasteiger partial charge in [0.2, 0.25) is 0 Å². The van der Waals surface area contributed by atoms with Crippen molar-refractivity contribution in [3.05, 3.63) is 182 Å². The smallest absolute Gasteiger partial charge is 0.0715 e. The zero-order valence-corrected chi connectivity index (χ0v) is 27.2. The minimum atomic E-state index is 0.952. The summed E-state index contributed by atoms with van der Waals surface area (Å²) in [6.07, 6.45) is 0. The van der Waals surface area contributed by atoms with E-state index in [-0.39, 0.29) is 0 Å². The number of nitrogens with one attached hydrogen (secondary N) is 1. The van der Waals surface area contributed by atoms with Crippen molar-refractivity contribution in [3.63, 3.8) is 0 Å². The predicted molar refractivity (Wildman–Crippen MR) is 210 cm³/mol. The van der Waals surface area contributed by atoms with Gasteiger partial charge in [-0.1, -0.05) is 127 Å². The maximum Gasteiger partial charge on any atom is 0.0715 e. The molecule has 10 rings (SSSR count). The van der Waals surface area contributed by atoms with Crippen molar-refractivity contribution in [2.45, 2.75) is 0 Å². The van der Waals surface area contributed by atoms with Crippen LogP contribution < -0.4 is 0 Å². The SMILES string of the molecule is c1ccc(-c2cccc(-c3cc(-c4ccc(-n5c6ccccc6c6cc7c(cc65)[nH]c5ccccc57)cc4)cc(-c4ccccc4)n3)c2)cc1. The van der Waals surface area contributed by atoms with Crippen LogP contribution in [0.2, 0.25) is 0 Å². The maximum absolute atomic E-state index is 5.19. The number of benzene rings is 7. The van der Waals surface area contributed by atoms with E-state index in [1.807, 2.05) is 6.07 Å². The molecular weight excluding hydrogens is 607 g/mol. The van der Waals surface area contributed by atoms with E-state index in [0.717, 1.165) is 50.4 Å². The lowest BCUT2D eigenvalue weighted by atomic mass is 9.97. The second-order valence-electron chi connectivity index (χ2n) is 12.9. The van der Waals surface area contributed by atoms with Crippen molar-refractivity contribution < 1.29 is 0 Å². The average molecular weight is 638 g/mol. The molecule has 0 spiro atoms. The highest BCUT2D eigenvalue weighted by molar-refractivity contribution is 6.18. The first-order valence-electron chi connectivity index (χ1n) is 17.0. The Morgan fingerprint density at radius 2 is 0.960 bits per heavy atom. The standard InChI is InChI=1S/C47H31N3/c1-3-12-31(13-4-1)34-16-11-17-35(26-34)44-28-36(27-43(49-44)33-14-5-2-6-15-33)32-22-24-37(25-23-32)50-46-21-10-8-19-39(46)41-29-40-38-18-7-9-20-42(38)48-45(40)30-47(41)50/h1-30,48H. The van der Waals surface area contributed by atoms with Crippen molar-refractivity contribution >= 4 is 43.6 Å². The quantitative estimate of drug-likeness (QED) is 0.200. The second kappa shape index (κ2) is 11.5. The summed E-state index contributed by atoms with van der Waals surface area (Å²) in [6.45, 7) is 0. The van der Waals surface area contributed by atoms with E-state index in [1.54, 1.807) is 0 Å². The monoisotopic (exact) mass is 637 g/mol. The summed E-state index contributed by atoms with van der Waals surface area (Å²) < 4.78 is 2.39. The lowest BCUT2D eigenvalue weighted by Gasteiger charge is -2.13. The molecule has 0 bridgehead atoms. The first-order chi connectivity index (χ1) is 24.8. The Balaban J connectivity index is 1.11. The summed E-state index contributed by atoms with van der Waals surface area (Å²) in [4.78, 5) is 8.85. The Bertz CT molecular complexity index is 2840. The van der Waals surface area contributed by atoms with Gasteiger partial charge in [0.15, 0.2) is 0 Å². The topological polar surface area (TPSA) is 33.6 Å². The Morgan fingerprint density at radius 3 is 1.76 bits per heavy atom. The Morgan fingerprint density at radius 1 is 0.340 bits per heavy atom. The van der Waals surface area contributed by atoms with Crippen molar-refractivity contribution in [1.29, 1.82) is 0 Å². The third-order valence-corrected chi connectivity index (χ3v) is 9.92. The highest BCUT2D eigenvalue weighted by atomic mass is 15.0. The van der Waals surface area contributed by atoms with Crippen molar-refractivity contribution in [3.8, 4) is 50.5 Å². The molecule has 0 saturated carbocycles. The summed E-state index contributed by atoms with van der Waals surface area (Å²) in [5.74, 6) is 0. The van der Waals surface area contributed by atoms with Crippen LogP contribution >= 0.6 is 0 Å². The van der Waals surface area contributed by atoms with E-state index >= 15 is 0 Å². The average Bonchev–Trinajstić information content (AvgIpc) is 3.72. The van der Waals surface area contributed by atoms with Crippen LogP contribution in [0.4, 0.5) is 0 Å². The van der Waals surface area contributed by atoms with Crippen molar-refractivity contribution in [2.75, 3.05) is 0 Å². The van der Waals surface area contributed by atoms with E-state index < -0.39 is 0 Å². The molecule has 3 heteroatoms. The van der Waals surface area contributed by atoms with Crippen LogP contribution in [0.15, 0.2) is 182 Å². The minimum absolute atomic E-state index is 0.952. The summed E-state index contributed by atoms with van der Waals surface area (Å²) in [5, 5.41) is 5.01.